The Kier molecular flexibility index (Phi) is 22.8. The van der Waals surface area contributed by atoms with Crippen LogP contribution in [0.1, 0.15) is 0 Å². The topological polar surface area (TPSA) is 22.3 Å². The van der Waals surface area contributed by atoms with E-state index >= 15 is 0 Å². The third-order valence-electron chi connectivity index (χ3n) is 0. The molecule has 1 nitrogen and oxygen atoms in total. The van der Waals surface area contributed by atoms with Crippen LogP contribution in [0, 0.1) is 0 Å². The Morgan fingerprint density at radius 1 is 1.75 bits per heavy atom. The molecule has 0 bridgehead atoms. The molecule has 0 amide bonds. The van der Waals surface area contributed by atoms with Crippen LogP contribution in [-0.4, -0.2) is 5.16 Å². The summed E-state index contributed by atoms with van der Waals surface area (Å²) in [4.78, 5) is 0. The fourth-order valence-electron chi connectivity index (χ4n) is 0. The molecule has 0 aromatic heterocycles. The SMILES string of the molecule is [Co].[N-]=C=S. The van der Waals surface area contributed by atoms with Gasteiger partial charge in [0.25, 0.3) is 0 Å². The summed E-state index contributed by atoms with van der Waals surface area (Å²) >= 11 is 3.70. The van der Waals surface area contributed by atoms with Gasteiger partial charge < -0.3 is 5.41 Å². The van der Waals surface area contributed by atoms with Gasteiger partial charge in [0.2, 0.25) is 0 Å². The summed E-state index contributed by atoms with van der Waals surface area (Å²) in [5.74, 6) is 0. The summed E-state index contributed by atoms with van der Waals surface area (Å²) in [5.41, 5.74) is 0. The first kappa shape index (κ1) is 8.85. The Balaban J connectivity index is 0. The van der Waals surface area contributed by atoms with E-state index in [0.717, 1.165) is 0 Å². The van der Waals surface area contributed by atoms with Crippen LogP contribution in [0.15, 0.2) is 0 Å². The van der Waals surface area contributed by atoms with Crippen LogP contribution in [0.3, 0.4) is 0 Å². The molecule has 0 heterocycles. The van der Waals surface area contributed by atoms with Crippen LogP contribution < -0.4 is 0 Å². The summed E-state index contributed by atoms with van der Waals surface area (Å²) in [6.07, 6.45) is 0. The molecular weight excluding hydrogens is 117 g/mol. The van der Waals surface area contributed by atoms with Gasteiger partial charge in [0.15, 0.2) is 0 Å². The molecule has 0 N–H and O–H groups in total. The third-order valence-corrected chi connectivity index (χ3v) is 0. The minimum atomic E-state index is 0. The standard InChI is InChI=1S/CNS.Co/c2-1-3;/q-1;. The molecule has 0 aromatic rings. The van der Waals surface area contributed by atoms with Crippen LogP contribution in [0.25, 0.3) is 5.41 Å². The predicted octanol–water partition coefficient (Wildman–Crippen LogP) is 0.656. The maximum Gasteiger partial charge on any atom is 0 e. The van der Waals surface area contributed by atoms with E-state index in [1.54, 1.807) is 0 Å². The number of thiocarbonyl (C=S) groups is 1. The number of hydrogen-bond acceptors (Lipinski definition) is 1. The number of rotatable bonds is 0. The maximum absolute atomic E-state index is 7.13. The van der Waals surface area contributed by atoms with Crippen LogP contribution in [0.5, 0.6) is 0 Å². The van der Waals surface area contributed by atoms with Crippen molar-refractivity contribution < 1.29 is 16.8 Å². The van der Waals surface area contributed by atoms with Crippen molar-refractivity contribution in [2.75, 3.05) is 0 Å². The second kappa shape index (κ2) is 10.3. The second-order valence-electron chi connectivity index (χ2n) is 0.0913. The van der Waals surface area contributed by atoms with E-state index in [4.69, 9.17) is 5.41 Å². The van der Waals surface area contributed by atoms with Gasteiger partial charge in [0.1, 0.15) is 0 Å². The maximum atomic E-state index is 7.13. The molecule has 0 aliphatic heterocycles. The molecule has 0 aromatic carbocycles. The minimum absolute atomic E-state index is 0. The Morgan fingerprint density at radius 3 is 1.75 bits per heavy atom. The van der Waals surface area contributed by atoms with E-state index in [1.165, 1.54) is 5.16 Å². The van der Waals surface area contributed by atoms with Crippen molar-refractivity contribution in [2.45, 2.75) is 0 Å². The molecule has 0 saturated carbocycles. The van der Waals surface area contributed by atoms with Gasteiger partial charge in [0, 0.05) is 16.8 Å². The summed E-state index contributed by atoms with van der Waals surface area (Å²) in [6, 6.07) is 0. The zero-order valence-electron chi connectivity index (χ0n) is 1.69. The van der Waals surface area contributed by atoms with E-state index in [9.17, 15) is 0 Å². The molecule has 4 heavy (non-hydrogen) atoms. The number of isothiocyanates is 1. The zero-order valence-corrected chi connectivity index (χ0v) is 3.55. The van der Waals surface area contributed by atoms with Gasteiger partial charge in [-0.15, -0.1) is 0 Å². The van der Waals surface area contributed by atoms with Gasteiger partial charge in [-0.3, -0.25) is 0 Å². The van der Waals surface area contributed by atoms with Crippen LogP contribution in [-0.2, 0) is 16.8 Å². The average Bonchev–Trinajstić information content (AvgIpc) is 0.918. The van der Waals surface area contributed by atoms with Crippen LogP contribution in [0.2, 0.25) is 0 Å². The van der Waals surface area contributed by atoms with Crippen molar-refractivity contribution in [1.82, 2.24) is 0 Å². The summed E-state index contributed by atoms with van der Waals surface area (Å²) in [5, 5.41) is 8.47. The monoisotopic (exact) mass is 117 g/mol. The smallest absolute Gasteiger partial charge is 0 e. The molecule has 0 spiro atoms. The first-order chi connectivity index (χ1) is 1.41. The molecule has 0 aliphatic carbocycles. The van der Waals surface area contributed by atoms with Gasteiger partial charge in [-0.1, -0.05) is 12.2 Å². The van der Waals surface area contributed by atoms with Crippen molar-refractivity contribution in [3.8, 4) is 0 Å². The molecule has 25 valence electrons. The quantitative estimate of drug-likeness (QED) is 0.337. The fraction of sp³-hybridized carbons (Fsp3) is 0. The van der Waals surface area contributed by atoms with Crippen molar-refractivity contribution in [3.05, 3.63) is 5.41 Å². The van der Waals surface area contributed by atoms with Crippen molar-refractivity contribution >= 4 is 17.4 Å². The Bertz CT molecular complexity index is 29.0. The van der Waals surface area contributed by atoms with Crippen LogP contribution in [0.4, 0.5) is 0 Å². The van der Waals surface area contributed by atoms with Gasteiger partial charge in [-0.05, 0) is 0 Å². The third kappa shape index (κ3) is 41.9. The molecule has 3 heteroatoms. The Morgan fingerprint density at radius 2 is 1.75 bits per heavy atom. The first-order valence-electron chi connectivity index (χ1n) is 0.428. The molecular formula is CCoNS-. The average molecular weight is 117 g/mol. The van der Waals surface area contributed by atoms with E-state index in [1.807, 2.05) is 0 Å². The van der Waals surface area contributed by atoms with E-state index in [0.29, 0.717) is 0 Å². The first-order valence-corrected chi connectivity index (χ1v) is 0.836. The second-order valence-corrected chi connectivity index (χ2v) is 0.274. The van der Waals surface area contributed by atoms with E-state index in [-0.39, 0.29) is 16.8 Å². The summed E-state index contributed by atoms with van der Waals surface area (Å²) in [6.45, 7) is 0. The van der Waals surface area contributed by atoms with Gasteiger partial charge >= 0.3 is 0 Å². The zero-order chi connectivity index (χ0) is 2.71. The van der Waals surface area contributed by atoms with E-state index in [2.05, 4.69) is 12.2 Å². The number of nitrogens with zero attached hydrogens (tertiary/aromatic N) is 1. The molecule has 0 atom stereocenters. The van der Waals surface area contributed by atoms with Gasteiger partial charge in [-0.2, -0.15) is 5.16 Å². The minimum Gasteiger partial charge on any atom is -0.753 e. The van der Waals surface area contributed by atoms with Crippen LogP contribution >= 0.6 is 12.2 Å². The molecule has 0 unspecified atom stereocenters. The molecule has 0 rings (SSSR count). The molecule has 1 radical (unpaired) electrons. The summed E-state index contributed by atoms with van der Waals surface area (Å²) in [7, 11) is 0. The summed E-state index contributed by atoms with van der Waals surface area (Å²) < 4.78 is 0. The van der Waals surface area contributed by atoms with Crippen molar-refractivity contribution in [1.29, 1.82) is 0 Å². The Hall–Kier alpha value is 0.306. The number of hydrogen-bond donors (Lipinski definition) is 0. The fourth-order valence-corrected chi connectivity index (χ4v) is 0. The Labute approximate surface area is 40.1 Å². The largest absolute Gasteiger partial charge is 0.753 e. The molecule has 0 aliphatic rings. The van der Waals surface area contributed by atoms with Crippen molar-refractivity contribution in [2.24, 2.45) is 0 Å². The van der Waals surface area contributed by atoms with Gasteiger partial charge in [-0.25, -0.2) is 0 Å². The van der Waals surface area contributed by atoms with Gasteiger partial charge in [0.05, 0.1) is 0 Å². The normalized spacial score (nSPS) is 2.00. The molecule has 0 saturated heterocycles. The predicted molar refractivity (Wildman–Crippen MR) is 16.0 cm³/mol. The molecule has 0 fully saturated rings. The van der Waals surface area contributed by atoms with E-state index < -0.39 is 0 Å². The van der Waals surface area contributed by atoms with Crippen molar-refractivity contribution in [3.63, 3.8) is 0 Å².